The van der Waals surface area contributed by atoms with Gasteiger partial charge in [-0.15, -0.1) is 0 Å². The lowest BCUT2D eigenvalue weighted by Crippen LogP contribution is -2.50. The van der Waals surface area contributed by atoms with E-state index in [4.69, 9.17) is 5.11 Å². The Balaban J connectivity index is 1.95. The highest BCUT2D eigenvalue weighted by Gasteiger charge is 2.22. The average Bonchev–Trinajstić information content (AvgIpc) is 2.49. The Labute approximate surface area is 120 Å². The summed E-state index contributed by atoms with van der Waals surface area (Å²) in [6, 6.07) is 1.17. The third-order valence-electron chi connectivity index (χ3n) is 3.35. The highest BCUT2D eigenvalue weighted by atomic mass is 19.2. The van der Waals surface area contributed by atoms with Gasteiger partial charge in [-0.25, -0.2) is 18.0 Å². The third-order valence-corrected chi connectivity index (χ3v) is 3.35. The van der Waals surface area contributed by atoms with E-state index in [2.05, 4.69) is 5.32 Å². The molecule has 2 rings (SSSR count). The first-order valence-corrected chi connectivity index (χ1v) is 6.55. The zero-order chi connectivity index (χ0) is 15.4. The molecular formula is C13H16F3N3O2. The van der Waals surface area contributed by atoms with Crippen molar-refractivity contribution < 1.29 is 23.1 Å². The predicted octanol–water partition coefficient (Wildman–Crippen LogP) is 1.25. The van der Waals surface area contributed by atoms with Gasteiger partial charge in [0, 0.05) is 32.7 Å². The number of hydrogen-bond donors (Lipinski definition) is 2. The molecular weight excluding hydrogens is 287 g/mol. The number of β-amino-alcohol motifs (C(OH)–C–C–N with tert-alkyl or cyclic N) is 1. The average molecular weight is 303 g/mol. The van der Waals surface area contributed by atoms with Crippen LogP contribution >= 0.6 is 0 Å². The Morgan fingerprint density at radius 1 is 1.14 bits per heavy atom. The van der Waals surface area contributed by atoms with Crippen molar-refractivity contribution in [2.75, 3.05) is 44.6 Å². The number of hydrogen-bond acceptors (Lipinski definition) is 3. The van der Waals surface area contributed by atoms with Crippen LogP contribution in [0.3, 0.4) is 0 Å². The largest absolute Gasteiger partial charge is 0.395 e. The minimum absolute atomic E-state index is 0.0479. The van der Waals surface area contributed by atoms with Crippen LogP contribution in [0.2, 0.25) is 0 Å². The zero-order valence-electron chi connectivity index (χ0n) is 11.3. The molecule has 0 radical (unpaired) electrons. The van der Waals surface area contributed by atoms with Crippen molar-refractivity contribution in [2.45, 2.75) is 0 Å². The van der Waals surface area contributed by atoms with Gasteiger partial charge in [-0.1, -0.05) is 0 Å². The number of benzene rings is 1. The lowest BCUT2D eigenvalue weighted by Gasteiger charge is -2.34. The van der Waals surface area contributed by atoms with E-state index in [0.717, 1.165) is 12.1 Å². The molecule has 1 aliphatic rings. The molecule has 0 unspecified atom stereocenters. The fourth-order valence-corrected chi connectivity index (χ4v) is 2.13. The van der Waals surface area contributed by atoms with Crippen LogP contribution in [0.25, 0.3) is 0 Å². The number of urea groups is 1. The number of aliphatic hydroxyl groups is 1. The summed E-state index contributed by atoms with van der Waals surface area (Å²) >= 11 is 0. The minimum atomic E-state index is -1.61. The second-order valence-electron chi connectivity index (χ2n) is 4.71. The van der Waals surface area contributed by atoms with E-state index >= 15 is 0 Å². The molecule has 21 heavy (non-hydrogen) atoms. The molecule has 0 atom stereocenters. The number of rotatable bonds is 3. The Bertz CT molecular complexity index is 520. The van der Waals surface area contributed by atoms with Gasteiger partial charge in [0.15, 0.2) is 17.5 Å². The maximum Gasteiger partial charge on any atom is 0.322 e. The smallest absolute Gasteiger partial charge is 0.322 e. The number of amides is 2. The van der Waals surface area contributed by atoms with Crippen LogP contribution < -0.4 is 5.32 Å². The number of nitrogens with zero attached hydrogens (tertiary/aromatic N) is 2. The summed E-state index contributed by atoms with van der Waals surface area (Å²) in [5.74, 6) is -4.33. The number of anilines is 1. The Morgan fingerprint density at radius 3 is 2.43 bits per heavy atom. The molecule has 1 saturated heterocycles. The fourth-order valence-electron chi connectivity index (χ4n) is 2.13. The molecule has 2 amide bonds. The summed E-state index contributed by atoms with van der Waals surface area (Å²) in [6.45, 7) is 2.59. The van der Waals surface area contributed by atoms with Gasteiger partial charge in [-0.2, -0.15) is 0 Å². The Morgan fingerprint density at radius 2 is 1.81 bits per heavy atom. The van der Waals surface area contributed by atoms with Gasteiger partial charge in [0.25, 0.3) is 0 Å². The lowest BCUT2D eigenvalue weighted by molar-refractivity contribution is 0.127. The standard InChI is InChI=1S/C13H16F3N3O2/c14-9-1-2-10(12(16)11(9)15)17-13(21)19-5-3-18(4-6-19)7-8-20/h1-2,20H,3-8H2,(H,17,21). The SMILES string of the molecule is O=C(Nc1ccc(F)c(F)c1F)N1CCN(CCO)CC1. The molecule has 0 spiro atoms. The maximum atomic E-state index is 13.5. The lowest BCUT2D eigenvalue weighted by atomic mass is 10.2. The summed E-state index contributed by atoms with van der Waals surface area (Å²) in [4.78, 5) is 15.4. The van der Waals surface area contributed by atoms with Crippen LogP contribution in [-0.2, 0) is 0 Å². The van der Waals surface area contributed by atoms with Crippen molar-refractivity contribution in [2.24, 2.45) is 0 Å². The van der Waals surface area contributed by atoms with E-state index in [-0.39, 0.29) is 6.61 Å². The van der Waals surface area contributed by atoms with Crippen molar-refractivity contribution in [3.63, 3.8) is 0 Å². The second-order valence-corrected chi connectivity index (χ2v) is 4.71. The number of halogens is 3. The summed E-state index contributed by atoms with van der Waals surface area (Å²) in [5, 5.41) is 11.1. The summed E-state index contributed by atoms with van der Waals surface area (Å²) in [6.07, 6.45) is 0. The second kappa shape index (κ2) is 6.77. The molecule has 1 heterocycles. The summed E-state index contributed by atoms with van der Waals surface area (Å²) < 4.78 is 39.3. The third kappa shape index (κ3) is 3.64. The molecule has 1 aromatic rings. The van der Waals surface area contributed by atoms with Crippen LogP contribution in [0.5, 0.6) is 0 Å². The van der Waals surface area contributed by atoms with E-state index in [1.165, 1.54) is 4.90 Å². The highest BCUT2D eigenvalue weighted by molar-refractivity contribution is 5.89. The van der Waals surface area contributed by atoms with Gasteiger partial charge in [-0.05, 0) is 12.1 Å². The summed E-state index contributed by atoms with van der Waals surface area (Å²) in [7, 11) is 0. The summed E-state index contributed by atoms with van der Waals surface area (Å²) in [5.41, 5.74) is -0.392. The van der Waals surface area contributed by atoms with Gasteiger partial charge in [0.05, 0.1) is 12.3 Å². The van der Waals surface area contributed by atoms with E-state index in [9.17, 15) is 18.0 Å². The number of piperazine rings is 1. The molecule has 5 nitrogen and oxygen atoms in total. The normalized spacial score (nSPS) is 16.1. The van der Waals surface area contributed by atoms with Crippen LogP contribution in [0.4, 0.5) is 23.7 Å². The molecule has 1 fully saturated rings. The molecule has 2 N–H and O–H groups in total. The van der Waals surface area contributed by atoms with E-state index in [0.29, 0.717) is 32.7 Å². The molecule has 0 aromatic heterocycles. The molecule has 1 aliphatic heterocycles. The number of carbonyl (C=O) groups is 1. The Hall–Kier alpha value is -1.80. The van der Waals surface area contributed by atoms with Crippen molar-refractivity contribution >= 4 is 11.7 Å². The topological polar surface area (TPSA) is 55.8 Å². The Kier molecular flexibility index (Phi) is 5.03. The number of aliphatic hydroxyl groups excluding tert-OH is 1. The van der Waals surface area contributed by atoms with Crippen molar-refractivity contribution in [1.82, 2.24) is 9.80 Å². The molecule has 8 heteroatoms. The predicted molar refractivity (Wildman–Crippen MR) is 70.4 cm³/mol. The first-order valence-electron chi connectivity index (χ1n) is 6.55. The van der Waals surface area contributed by atoms with Gasteiger partial charge >= 0.3 is 6.03 Å². The molecule has 0 aliphatic carbocycles. The van der Waals surface area contributed by atoms with Gasteiger partial charge in [-0.3, -0.25) is 4.90 Å². The van der Waals surface area contributed by atoms with Crippen LogP contribution in [0.1, 0.15) is 0 Å². The highest BCUT2D eigenvalue weighted by Crippen LogP contribution is 2.20. The van der Waals surface area contributed by atoms with Crippen molar-refractivity contribution in [3.8, 4) is 0 Å². The minimum Gasteiger partial charge on any atom is -0.395 e. The first-order chi connectivity index (χ1) is 10.0. The molecule has 0 bridgehead atoms. The monoisotopic (exact) mass is 303 g/mol. The van der Waals surface area contributed by atoms with E-state index in [1.807, 2.05) is 4.90 Å². The van der Waals surface area contributed by atoms with Crippen LogP contribution in [-0.4, -0.2) is 60.3 Å². The first kappa shape index (κ1) is 15.6. The van der Waals surface area contributed by atoms with Crippen LogP contribution in [0.15, 0.2) is 12.1 Å². The number of nitrogens with one attached hydrogen (secondary N) is 1. The van der Waals surface area contributed by atoms with E-state index in [1.54, 1.807) is 0 Å². The van der Waals surface area contributed by atoms with E-state index < -0.39 is 29.2 Å². The molecule has 1 aromatic carbocycles. The maximum absolute atomic E-state index is 13.5. The fraction of sp³-hybridized carbons (Fsp3) is 0.462. The van der Waals surface area contributed by atoms with Gasteiger partial charge in [0.1, 0.15) is 0 Å². The van der Waals surface area contributed by atoms with Gasteiger partial charge < -0.3 is 15.3 Å². The van der Waals surface area contributed by atoms with Crippen LogP contribution in [0, 0.1) is 17.5 Å². The van der Waals surface area contributed by atoms with Gasteiger partial charge in [0.2, 0.25) is 0 Å². The number of carbonyl (C=O) groups excluding carboxylic acids is 1. The quantitative estimate of drug-likeness (QED) is 0.826. The van der Waals surface area contributed by atoms with Crippen molar-refractivity contribution in [1.29, 1.82) is 0 Å². The molecule has 0 saturated carbocycles. The zero-order valence-corrected chi connectivity index (χ0v) is 11.3. The molecule has 116 valence electrons. The van der Waals surface area contributed by atoms with Crippen molar-refractivity contribution in [3.05, 3.63) is 29.6 Å².